The second-order valence-electron chi connectivity index (χ2n) is 7.33. The minimum atomic E-state index is -3.24. The summed E-state index contributed by atoms with van der Waals surface area (Å²) in [5, 5.41) is 5.90. The number of anilines is 1. The van der Waals surface area contributed by atoms with Gasteiger partial charge in [0.25, 0.3) is 23.5 Å². The maximum absolute atomic E-state index is 14.6. The Labute approximate surface area is 181 Å². The first-order valence-electron chi connectivity index (χ1n) is 9.56. The number of aromatic amines is 3. The third-order valence-electron chi connectivity index (χ3n) is 5.10. The van der Waals surface area contributed by atoms with E-state index in [-0.39, 0.29) is 34.9 Å². The van der Waals surface area contributed by atoms with E-state index in [1.807, 2.05) is 4.98 Å². The number of halogens is 4. The van der Waals surface area contributed by atoms with Gasteiger partial charge >= 0.3 is 5.69 Å². The predicted octanol–water partition coefficient (Wildman–Crippen LogP) is 1.30. The van der Waals surface area contributed by atoms with E-state index in [1.165, 1.54) is 6.07 Å². The molecule has 0 amide bonds. The lowest BCUT2D eigenvalue weighted by atomic mass is 10.1. The second-order valence-corrected chi connectivity index (χ2v) is 7.33. The molecule has 1 aliphatic heterocycles. The van der Waals surface area contributed by atoms with Crippen LogP contribution in [0, 0.1) is 5.92 Å². The SMILES string of the molecule is O=c1[nH]cc(-c2cc(N3CC(COc4ccc(C(F)F)cn4)C(F)(F)C3)c(=O)[nH]n2)c(=O)[nH]1. The quantitative estimate of drug-likeness (QED) is 0.464. The molecular weight excluding hydrogens is 452 g/mol. The molecular formula is C19H16F4N6O4. The van der Waals surface area contributed by atoms with E-state index in [0.717, 1.165) is 29.4 Å². The van der Waals surface area contributed by atoms with Gasteiger partial charge in [0.05, 0.1) is 23.7 Å². The van der Waals surface area contributed by atoms with E-state index >= 15 is 0 Å². The van der Waals surface area contributed by atoms with Gasteiger partial charge in [-0.15, -0.1) is 0 Å². The van der Waals surface area contributed by atoms with Crippen molar-refractivity contribution < 1.29 is 22.3 Å². The first-order chi connectivity index (χ1) is 15.6. The maximum Gasteiger partial charge on any atom is 0.325 e. The highest BCUT2D eigenvalue weighted by Crippen LogP contribution is 2.35. The maximum atomic E-state index is 14.6. The molecule has 14 heteroatoms. The molecule has 10 nitrogen and oxygen atoms in total. The Morgan fingerprint density at radius 1 is 1.21 bits per heavy atom. The normalized spacial score (nSPS) is 17.5. The van der Waals surface area contributed by atoms with Gasteiger partial charge in [0.15, 0.2) is 0 Å². The number of ether oxygens (including phenoxy) is 1. The lowest BCUT2D eigenvalue weighted by Crippen LogP contribution is -2.32. The summed E-state index contributed by atoms with van der Waals surface area (Å²) in [5.74, 6) is -4.66. The fourth-order valence-corrected chi connectivity index (χ4v) is 3.37. The minimum Gasteiger partial charge on any atom is -0.477 e. The van der Waals surface area contributed by atoms with Gasteiger partial charge in [-0.1, -0.05) is 0 Å². The topological polar surface area (TPSA) is 137 Å². The number of nitrogens with zero attached hydrogens (tertiary/aromatic N) is 3. The predicted molar refractivity (Wildman–Crippen MR) is 107 cm³/mol. The highest BCUT2D eigenvalue weighted by molar-refractivity contribution is 5.62. The van der Waals surface area contributed by atoms with Crippen LogP contribution in [0.15, 0.2) is 45.0 Å². The summed E-state index contributed by atoms with van der Waals surface area (Å²) in [6, 6.07) is 3.42. The van der Waals surface area contributed by atoms with E-state index in [9.17, 15) is 31.9 Å². The van der Waals surface area contributed by atoms with Crippen LogP contribution in [-0.4, -0.2) is 50.8 Å². The van der Waals surface area contributed by atoms with Crippen LogP contribution in [0.25, 0.3) is 11.3 Å². The number of hydrogen-bond acceptors (Lipinski definition) is 7. The van der Waals surface area contributed by atoms with Crippen LogP contribution in [0.4, 0.5) is 23.2 Å². The summed E-state index contributed by atoms with van der Waals surface area (Å²) in [4.78, 5) is 44.5. The molecule has 33 heavy (non-hydrogen) atoms. The van der Waals surface area contributed by atoms with Gasteiger partial charge in [0.2, 0.25) is 5.88 Å². The molecule has 0 spiro atoms. The van der Waals surface area contributed by atoms with E-state index in [1.54, 1.807) is 0 Å². The van der Waals surface area contributed by atoms with E-state index in [2.05, 4.69) is 20.2 Å². The Bertz CT molecular complexity index is 1320. The van der Waals surface area contributed by atoms with Crippen molar-refractivity contribution in [2.45, 2.75) is 12.3 Å². The van der Waals surface area contributed by atoms with Crippen molar-refractivity contribution in [2.24, 2.45) is 5.92 Å². The average molecular weight is 468 g/mol. The Kier molecular flexibility index (Phi) is 5.74. The Balaban J connectivity index is 1.53. The molecule has 1 aliphatic rings. The lowest BCUT2D eigenvalue weighted by molar-refractivity contribution is -0.0359. The zero-order chi connectivity index (χ0) is 23.8. The Morgan fingerprint density at radius 3 is 2.67 bits per heavy atom. The van der Waals surface area contributed by atoms with Crippen LogP contribution < -0.4 is 26.4 Å². The molecule has 0 saturated carbocycles. The zero-order valence-corrected chi connectivity index (χ0v) is 16.6. The summed E-state index contributed by atoms with van der Waals surface area (Å²) in [6.45, 7) is -1.54. The third-order valence-corrected chi connectivity index (χ3v) is 5.10. The first kappa shape index (κ1) is 22.2. The minimum absolute atomic E-state index is 0.0339. The molecule has 1 saturated heterocycles. The van der Waals surface area contributed by atoms with Crippen molar-refractivity contribution in [3.63, 3.8) is 0 Å². The van der Waals surface area contributed by atoms with Crippen LogP contribution in [-0.2, 0) is 0 Å². The standard InChI is InChI=1S/C19H16F4N6O4/c20-15(21)9-1-2-14(24-4-9)33-7-10-6-29(8-19(10,22)23)13-3-12(27-28-17(13)31)11-5-25-18(32)26-16(11)30/h1-5,10,15H,6-8H2,(H,28,31)(H2,25,26,30,32). The smallest absolute Gasteiger partial charge is 0.325 e. The van der Waals surface area contributed by atoms with Gasteiger partial charge < -0.3 is 14.6 Å². The van der Waals surface area contributed by atoms with Crippen LogP contribution in [0.2, 0.25) is 0 Å². The molecule has 0 bridgehead atoms. The van der Waals surface area contributed by atoms with E-state index < -0.39 is 48.2 Å². The summed E-state index contributed by atoms with van der Waals surface area (Å²) in [6.07, 6.45) is -0.725. The number of H-pyrrole nitrogens is 3. The number of nitrogens with one attached hydrogen (secondary N) is 3. The number of pyridine rings is 1. The van der Waals surface area contributed by atoms with Gasteiger partial charge in [-0.2, -0.15) is 5.10 Å². The number of hydrogen-bond donors (Lipinski definition) is 3. The van der Waals surface area contributed by atoms with E-state index in [4.69, 9.17) is 4.74 Å². The van der Waals surface area contributed by atoms with E-state index in [0.29, 0.717) is 0 Å². The highest BCUT2D eigenvalue weighted by Gasteiger charge is 2.49. The monoisotopic (exact) mass is 468 g/mol. The van der Waals surface area contributed by atoms with Crippen molar-refractivity contribution in [1.29, 1.82) is 0 Å². The first-order valence-corrected chi connectivity index (χ1v) is 9.56. The summed E-state index contributed by atoms with van der Waals surface area (Å²) >= 11 is 0. The van der Waals surface area contributed by atoms with Gasteiger partial charge in [0, 0.05) is 30.6 Å². The fourth-order valence-electron chi connectivity index (χ4n) is 3.37. The van der Waals surface area contributed by atoms with Crippen molar-refractivity contribution in [2.75, 3.05) is 24.6 Å². The fraction of sp³-hybridized carbons (Fsp3) is 0.316. The average Bonchev–Trinajstić information content (AvgIpc) is 3.07. The molecule has 174 valence electrons. The second kappa shape index (κ2) is 8.52. The number of rotatable bonds is 6. The molecule has 1 atom stereocenters. The van der Waals surface area contributed by atoms with Crippen LogP contribution in [0.3, 0.4) is 0 Å². The molecule has 0 aliphatic carbocycles. The van der Waals surface area contributed by atoms with Crippen molar-refractivity contribution >= 4 is 5.69 Å². The van der Waals surface area contributed by atoms with Crippen molar-refractivity contribution in [1.82, 2.24) is 25.1 Å². The molecule has 0 aromatic carbocycles. The molecule has 4 heterocycles. The Hall–Kier alpha value is -3.97. The van der Waals surface area contributed by atoms with Gasteiger partial charge in [0.1, 0.15) is 12.3 Å². The van der Waals surface area contributed by atoms with Gasteiger partial charge in [-0.25, -0.2) is 32.4 Å². The summed E-state index contributed by atoms with van der Waals surface area (Å²) in [7, 11) is 0. The Morgan fingerprint density at radius 2 is 2.00 bits per heavy atom. The number of aromatic nitrogens is 5. The number of alkyl halides is 4. The molecule has 0 radical (unpaired) electrons. The molecule has 4 rings (SSSR count). The van der Waals surface area contributed by atoms with Crippen LogP contribution >= 0.6 is 0 Å². The zero-order valence-electron chi connectivity index (χ0n) is 16.6. The van der Waals surface area contributed by atoms with Crippen LogP contribution in [0.5, 0.6) is 5.88 Å². The molecule has 3 aromatic rings. The van der Waals surface area contributed by atoms with Gasteiger partial charge in [-0.05, 0) is 12.1 Å². The molecule has 1 unspecified atom stereocenters. The van der Waals surface area contributed by atoms with Crippen LogP contribution in [0.1, 0.15) is 12.0 Å². The summed E-state index contributed by atoms with van der Waals surface area (Å²) < 4.78 is 59.7. The molecule has 3 aromatic heterocycles. The highest BCUT2D eigenvalue weighted by atomic mass is 19.3. The van der Waals surface area contributed by atoms with Crippen molar-refractivity contribution in [3.05, 3.63) is 67.3 Å². The molecule has 3 N–H and O–H groups in total. The molecule has 1 fully saturated rings. The third kappa shape index (κ3) is 4.63. The van der Waals surface area contributed by atoms with Gasteiger partial charge in [-0.3, -0.25) is 14.6 Å². The lowest BCUT2D eigenvalue weighted by Gasteiger charge is -2.17. The largest absolute Gasteiger partial charge is 0.477 e. The summed E-state index contributed by atoms with van der Waals surface area (Å²) in [5.41, 5.74) is -2.84. The van der Waals surface area contributed by atoms with Crippen molar-refractivity contribution in [3.8, 4) is 17.1 Å².